The molecule has 35 heavy (non-hydrogen) atoms. The molecule has 8 heteroatoms. The number of nitrogens with zero attached hydrogens (tertiary/aromatic N) is 1. The van der Waals surface area contributed by atoms with Gasteiger partial charge in [-0.25, -0.2) is 0 Å². The van der Waals surface area contributed by atoms with Crippen LogP contribution in [0.3, 0.4) is 0 Å². The molecule has 0 atom stereocenters. The van der Waals surface area contributed by atoms with Crippen LogP contribution in [0.5, 0.6) is 11.5 Å². The number of Topliss-reactive ketones (excluding diaryl/α,β-unsaturated/α-hetero) is 1. The first-order chi connectivity index (χ1) is 16.5. The summed E-state index contributed by atoms with van der Waals surface area (Å²) in [5.41, 5.74) is 4.96. The van der Waals surface area contributed by atoms with Gasteiger partial charge in [-0.15, -0.1) is 0 Å². The second kappa shape index (κ2) is 10.8. The number of allylic oxidation sites excluding steroid dienone is 1. The number of phenols is 2. The number of aromatic hydroxyl groups is 2. The van der Waals surface area contributed by atoms with E-state index in [0.717, 1.165) is 35.3 Å². The van der Waals surface area contributed by atoms with E-state index in [1.807, 2.05) is 37.3 Å². The predicted octanol–water partition coefficient (Wildman–Crippen LogP) is 5.01. The fraction of sp³-hybridized carbons (Fsp3) is 0.222. The Labute approximate surface area is 205 Å². The molecule has 0 aromatic heterocycles. The summed E-state index contributed by atoms with van der Waals surface area (Å²) in [5.74, 6) is -0.537. The standard InChI is InChI=1S/C20H21NO3.C7H8O3S/c1-3-8-21(2)16-6-4-13(5-7-16)9-15-10-14-11-18(22)19(23)12-17(14)20(15)24;1-6-2-4-7(5-3-6)11(8,9)10/h4-7,9,11-12,22-23H,3,8,10H2,1-2H3;2-5H,1H3,(H,8,9,10)/b15-9+;. The Morgan fingerprint density at radius 1 is 0.971 bits per heavy atom. The summed E-state index contributed by atoms with van der Waals surface area (Å²) in [6.07, 6.45) is 3.44. The van der Waals surface area contributed by atoms with E-state index in [1.165, 1.54) is 24.3 Å². The van der Waals surface area contributed by atoms with Gasteiger partial charge in [-0.3, -0.25) is 9.35 Å². The molecule has 7 nitrogen and oxygen atoms in total. The molecule has 0 heterocycles. The number of rotatable bonds is 5. The molecule has 0 saturated carbocycles. The van der Waals surface area contributed by atoms with Gasteiger partial charge < -0.3 is 15.1 Å². The molecule has 0 amide bonds. The van der Waals surface area contributed by atoms with Gasteiger partial charge in [0.25, 0.3) is 10.1 Å². The maximum Gasteiger partial charge on any atom is 0.294 e. The highest BCUT2D eigenvalue weighted by Gasteiger charge is 2.26. The van der Waals surface area contributed by atoms with Crippen molar-refractivity contribution in [3.05, 3.63) is 88.5 Å². The van der Waals surface area contributed by atoms with Gasteiger partial charge >= 0.3 is 0 Å². The smallest absolute Gasteiger partial charge is 0.294 e. The highest BCUT2D eigenvalue weighted by molar-refractivity contribution is 7.85. The Kier molecular flexibility index (Phi) is 7.99. The fourth-order valence-electron chi connectivity index (χ4n) is 3.75. The number of anilines is 1. The van der Waals surface area contributed by atoms with Crippen LogP contribution in [-0.2, 0) is 16.5 Å². The summed E-state index contributed by atoms with van der Waals surface area (Å²) in [5, 5.41) is 19.2. The number of carbonyl (C=O) groups is 1. The van der Waals surface area contributed by atoms with E-state index in [4.69, 9.17) is 4.55 Å². The Hall–Kier alpha value is -3.62. The van der Waals surface area contributed by atoms with Crippen LogP contribution in [0.2, 0.25) is 0 Å². The largest absolute Gasteiger partial charge is 0.504 e. The highest BCUT2D eigenvalue weighted by atomic mass is 32.2. The first-order valence-corrected chi connectivity index (χ1v) is 12.6. The average molecular weight is 496 g/mol. The molecule has 3 aromatic rings. The molecule has 3 aromatic carbocycles. The lowest BCUT2D eigenvalue weighted by Crippen LogP contribution is -2.17. The lowest BCUT2D eigenvalue weighted by atomic mass is 10.1. The van der Waals surface area contributed by atoms with E-state index < -0.39 is 10.1 Å². The van der Waals surface area contributed by atoms with Gasteiger partial charge in [0, 0.05) is 36.8 Å². The maximum atomic E-state index is 12.5. The van der Waals surface area contributed by atoms with Crippen LogP contribution in [0.15, 0.2) is 71.1 Å². The summed E-state index contributed by atoms with van der Waals surface area (Å²) in [6.45, 7) is 4.99. The number of ketones is 1. The van der Waals surface area contributed by atoms with Crippen molar-refractivity contribution in [2.75, 3.05) is 18.5 Å². The minimum Gasteiger partial charge on any atom is -0.504 e. The monoisotopic (exact) mass is 495 g/mol. The summed E-state index contributed by atoms with van der Waals surface area (Å²) in [6, 6.07) is 16.9. The molecule has 0 spiro atoms. The fourth-order valence-corrected chi connectivity index (χ4v) is 4.23. The lowest BCUT2D eigenvalue weighted by Gasteiger charge is -2.18. The van der Waals surface area contributed by atoms with Gasteiger partial charge in [-0.05, 0) is 66.9 Å². The van der Waals surface area contributed by atoms with Crippen LogP contribution in [0, 0.1) is 6.92 Å². The molecule has 0 fully saturated rings. The van der Waals surface area contributed by atoms with Gasteiger partial charge in [0.15, 0.2) is 17.3 Å². The van der Waals surface area contributed by atoms with Crippen molar-refractivity contribution in [1.82, 2.24) is 0 Å². The Morgan fingerprint density at radius 2 is 1.57 bits per heavy atom. The van der Waals surface area contributed by atoms with Crippen molar-refractivity contribution in [3.63, 3.8) is 0 Å². The van der Waals surface area contributed by atoms with Crippen LogP contribution < -0.4 is 4.90 Å². The molecular formula is C27H29NO6S. The molecule has 184 valence electrons. The second-order valence-corrected chi connectivity index (χ2v) is 9.90. The number of aryl methyl sites for hydroxylation is 1. The summed E-state index contributed by atoms with van der Waals surface area (Å²) < 4.78 is 29.6. The molecular weight excluding hydrogens is 466 g/mol. The van der Waals surface area contributed by atoms with E-state index >= 15 is 0 Å². The maximum absolute atomic E-state index is 12.5. The molecule has 0 saturated heterocycles. The number of hydrogen-bond acceptors (Lipinski definition) is 6. The quantitative estimate of drug-likeness (QED) is 0.259. The van der Waals surface area contributed by atoms with E-state index in [-0.39, 0.29) is 22.2 Å². The van der Waals surface area contributed by atoms with Crippen molar-refractivity contribution in [1.29, 1.82) is 0 Å². The zero-order valence-electron chi connectivity index (χ0n) is 19.9. The van der Waals surface area contributed by atoms with Crippen LogP contribution >= 0.6 is 0 Å². The number of fused-ring (bicyclic) bond motifs is 1. The Bertz CT molecular complexity index is 1340. The Morgan fingerprint density at radius 3 is 2.14 bits per heavy atom. The molecule has 0 unspecified atom stereocenters. The van der Waals surface area contributed by atoms with Crippen molar-refractivity contribution in [3.8, 4) is 11.5 Å². The summed E-state index contributed by atoms with van der Waals surface area (Å²) in [4.78, 5) is 14.6. The lowest BCUT2D eigenvalue weighted by molar-refractivity contribution is 0.104. The van der Waals surface area contributed by atoms with Crippen molar-refractivity contribution in [2.24, 2.45) is 0 Å². The normalized spacial score (nSPS) is 13.8. The first kappa shape index (κ1) is 26.0. The Balaban J connectivity index is 0.000000261. The minimum absolute atomic E-state index is 0.0666. The van der Waals surface area contributed by atoms with E-state index in [0.29, 0.717) is 17.6 Å². The van der Waals surface area contributed by atoms with Crippen molar-refractivity contribution >= 4 is 27.7 Å². The molecule has 1 aliphatic carbocycles. The van der Waals surface area contributed by atoms with Crippen molar-refractivity contribution in [2.45, 2.75) is 31.6 Å². The molecule has 1 aliphatic rings. The van der Waals surface area contributed by atoms with Gasteiger partial charge in [0.1, 0.15) is 0 Å². The molecule has 0 bridgehead atoms. The zero-order chi connectivity index (χ0) is 25.8. The van der Waals surface area contributed by atoms with Gasteiger partial charge in [0.2, 0.25) is 0 Å². The third-order valence-corrected chi connectivity index (χ3v) is 6.54. The molecule has 4 rings (SSSR count). The number of hydrogen-bond donors (Lipinski definition) is 3. The van der Waals surface area contributed by atoms with E-state index in [2.05, 4.69) is 18.9 Å². The SMILES string of the molecule is CCCN(C)c1ccc(/C=C2\Cc3cc(O)c(O)cc3C2=O)cc1.Cc1ccc(S(=O)(=O)O)cc1. The molecule has 0 aliphatic heterocycles. The number of carbonyl (C=O) groups excluding carboxylic acids is 1. The summed E-state index contributed by atoms with van der Waals surface area (Å²) >= 11 is 0. The average Bonchev–Trinajstić information content (AvgIpc) is 3.09. The van der Waals surface area contributed by atoms with Crippen LogP contribution in [0.4, 0.5) is 5.69 Å². The molecule has 3 N–H and O–H groups in total. The second-order valence-electron chi connectivity index (χ2n) is 8.47. The van der Waals surface area contributed by atoms with Crippen LogP contribution in [0.1, 0.15) is 40.4 Å². The van der Waals surface area contributed by atoms with E-state index in [9.17, 15) is 23.4 Å². The van der Waals surface area contributed by atoms with E-state index in [1.54, 1.807) is 12.1 Å². The zero-order valence-corrected chi connectivity index (χ0v) is 20.7. The van der Waals surface area contributed by atoms with Crippen LogP contribution in [-0.4, -0.2) is 42.6 Å². The highest BCUT2D eigenvalue weighted by Crippen LogP contribution is 2.35. The molecule has 0 radical (unpaired) electrons. The predicted molar refractivity (Wildman–Crippen MR) is 137 cm³/mol. The van der Waals surface area contributed by atoms with Crippen molar-refractivity contribution < 1.29 is 28.0 Å². The van der Waals surface area contributed by atoms with Gasteiger partial charge in [-0.2, -0.15) is 8.42 Å². The topological polar surface area (TPSA) is 115 Å². The van der Waals surface area contributed by atoms with Gasteiger partial charge in [0.05, 0.1) is 4.90 Å². The minimum atomic E-state index is -4.02. The van der Waals surface area contributed by atoms with Gasteiger partial charge in [-0.1, -0.05) is 36.8 Å². The summed E-state index contributed by atoms with van der Waals surface area (Å²) in [7, 11) is -1.96. The number of benzene rings is 3. The number of phenolic OH excluding ortho intramolecular Hbond substituents is 2. The third kappa shape index (κ3) is 6.49. The third-order valence-electron chi connectivity index (χ3n) is 5.67. The first-order valence-electron chi connectivity index (χ1n) is 11.1. The van der Waals surface area contributed by atoms with Crippen LogP contribution in [0.25, 0.3) is 6.08 Å².